The Bertz CT molecular complexity index is 1170. The number of hydrogen-bond acceptors (Lipinski definition) is 6. The summed E-state index contributed by atoms with van der Waals surface area (Å²) < 4.78 is 9.61. The van der Waals surface area contributed by atoms with Crippen LogP contribution in [0.4, 0.5) is 0 Å². The Morgan fingerprint density at radius 1 is 1.20 bits per heavy atom. The van der Waals surface area contributed by atoms with E-state index in [1.807, 2.05) is 28.9 Å². The van der Waals surface area contributed by atoms with Gasteiger partial charge >= 0.3 is 0 Å². The number of aromatic nitrogens is 5. The van der Waals surface area contributed by atoms with Gasteiger partial charge in [0.25, 0.3) is 0 Å². The van der Waals surface area contributed by atoms with Crippen molar-refractivity contribution >= 4 is 0 Å². The van der Waals surface area contributed by atoms with Crippen molar-refractivity contribution in [1.29, 1.82) is 5.26 Å². The summed E-state index contributed by atoms with van der Waals surface area (Å²) in [6.07, 6.45) is 5.64. The number of nitriles is 1. The molecule has 0 saturated heterocycles. The molecule has 8 nitrogen and oxygen atoms in total. The number of hydrogen-bond donors (Lipinski definition) is 1. The fraction of sp³-hybridized carbons (Fsp3) is 0.364. The molecule has 1 unspecified atom stereocenters. The van der Waals surface area contributed by atoms with Crippen molar-refractivity contribution in [2.45, 2.75) is 51.0 Å². The van der Waals surface area contributed by atoms with Crippen LogP contribution in [-0.2, 0) is 5.54 Å². The molecule has 152 valence electrons. The van der Waals surface area contributed by atoms with Crippen LogP contribution in [0.25, 0.3) is 5.69 Å². The van der Waals surface area contributed by atoms with Crippen molar-refractivity contribution in [1.82, 2.24) is 24.8 Å². The Morgan fingerprint density at radius 2 is 1.93 bits per heavy atom. The summed E-state index contributed by atoms with van der Waals surface area (Å²) in [5, 5.41) is 22.8. The summed E-state index contributed by atoms with van der Waals surface area (Å²) >= 11 is 0. The lowest BCUT2D eigenvalue weighted by Crippen LogP contribution is -2.27. The van der Waals surface area contributed by atoms with Gasteiger partial charge in [-0.25, -0.2) is 9.36 Å². The van der Waals surface area contributed by atoms with Gasteiger partial charge in [0.05, 0.1) is 40.8 Å². The third-order valence-corrected chi connectivity index (χ3v) is 5.59. The Morgan fingerprint density at radius 3 is 2.50 bits per heavy atom. The predicted octanol–water partition coefficient (Wildman–Crippen LogP) is 3.31. The number of nitrogens with two attached hydrogens (primary N) is 1. The van der Waals surface area contributed by atoms with Crippen molar-refractivity contribution in [3.63, 3.8) is 0 Å². The predicted molar refractivity (Wildman–Crippen MR) is 110 cm³/mol. The van der Waals surface area contributed by atoms with Crippen LogP contribution in [0.5, 0.6) is 5.88 Å². The van der Waals surface area contributed by atoms with Gasteiger partial charge in [-0.2, -0.15) is 10.4 Å². The zero-order chi connectivity index (χ0) is 21.0. The second kappa shape index (κ2) is 6.46. The van der Waals surface area contributed by atoms with Crippen LogP contribution in [0.15, 0.2) is 48.1 Å². The summed E-state index contributed by atoms with van der Waals surface area (Å²) in [6, 6.07) is 10.2. The van der Waals surface area contributed by atoms with Crippen LogP contribution in [0.1, 0.15) is 62.3 Å². The highest BCUT2D eigenvalue weighted by molar-refractivity contribution is 5.57. The molecule has 1 fully saturated rings. The molecular weight excluding hydrogens is 378 g/mol. The zero-order valence-corrected chi connectivity index (χ0v) is 17.2. The van der Waals surface area contributed by atoms with Gasteiger partial charge < -0.3 is 10.5 Å². The third-order valence-electron chi connectivity index (χ3n) is 5.59. The molecule has 0 bridgehead atoms. The first kappa shape index (κ1) is 18.4. The van der Waals surface area contributed by atoms with Crippen LogP contribution in [0, 0.1) is 11.3 Å². The first-order valence-electron chi connectivity index (χ1n) is 10.1. The van der Waals surface area contributed by atoms with E-state index in [1.165, 1.54) is 0 Å². The molecule has 30 heavy (non-hydrogen) atoms. The highest BCUT2D eigenvalue weighted by Gasteiger charge is 2.42. The number of benzene rings is 1. The minimum atomic E-state index is -0.310. The molecule has 1 saturated carbocycles. The van der Waals surface area contributed by atoms with E-state index in [0.29, 0.717) is 17.4 Å². The number of fused-ring (bicyclic) bond motifs is 1. The van der Waals surface area contributed by atoms with Crippen LogP contribution >= 0.6 is 0 Å². The Kier molecular flexibility index (Phi) is 3.97. The average molecular weight is 401 g/mol. The van der Waals surface area contributed by atoms with Crippen LogP contribution < -0.4 is 10.5 Å². The molecule has 0 radical (unpaired) electrons. The van der Waals surface area contributed by atoms with E-state index < -0.39 is 0 Å². The van der Waals surface area contributed by atoms with Gasteiger partial charge in [-0.1, -0.05) is 17.3 Å². The topological polar surface area (TPSA) is 108 Å². The Labute approximate surface area is 174 Å². The lowest BCUT2D eigenvalue weighted by Gasteiger charge is -2.28. The standard InChI is InChI=1S/C22H23N7O/c1-22(2,3)29-21-18(19(26-29)14-4-5-14)17(16(12-23)20(24)30-21)13-6-8-15(9-7-13)28-11-10-25-27-28/h6-11,14,17H,4-5,24H2,1-3H3. The van der Waals surface area contributed by atoms with E-state index in [4.69, 9.17) is 15.6 Å². The molecule has 1 atom stereocenters. The lowest BCUT2D eigenvalue weighted by atomic mass is 9.83. The lowest BCUT2D eigenvalue weighted by molar-refractivity contribution is 0.277. The van der Waals surface area contributed by atoms with Gasteiger partial charge in [-0.3, -0.25) is 0 Å². The monoisotopic (exact) mass is 401 g/mol. The zero-order valence-electron chi connectivity index (χ0n) is 17.2. The van der Waals surface area contributed by atoms with Crippen molar-refractivity contribution in [2.24, 2.45) is 5.73 Å². The first-order valence-corrected chi connectivity index (χ1v) is 10.1. The maximum Gasteiger partial charge on any atom is 0.224 e. The van der Waals surface area contributed by atoms with Crippen molar-refractivity contribution in [3.05, 3.63) is 64.9 Å². The van der Waals surface area contributed by atoms with Gasteiger partial charge in [0, 0.05) is 5.92 Å². The Balaban J connectivity index is 1.68. The van der Waals surface area contributed by atoms with Crippen molar-refractivity contribution < 1.29 is 4.74 Å². The molecule has 5 rings (SSSR count). The molecule has 8 heteroatoms. The van der Waals surface area contributed by atoms with Gasteiger partial charge in [-0.15, -0.1) is 5.10 Å². The summed E-state index contributed by atoms with van der Waals surface area (Å²) in [7, 11) is 0. The summed E-state index contributed by atoms with van der Waals surface area (Å²) in [6.45, 7) is 6.26. The van der Waals surface area contributed by atoms with Crippen LogP contribution in [0.3, 0.4) is 0 Å². The van der Waals surface area contributed by atoms with Gasteiger partial charge in [0.15, 0.2) is 0 Å². The minimum absolute atomic E-state index is 0.142. The number of allylic oxidation sites excluding steroid dienone is 1. The van der Waals surface area contributed by atoms with Gasteiger partial charge in [0.1, 0.15) is 11.6 Å². The molecule has 0 amide bonds. The molecule has 1 aliphatic heterocycles. The normalized spacial score (nSPS) is 18.7. The van der Waals surface area contributed by atoms with Crippen LogP contribution in [0.2, 0.25) is 0 Å². The number of ether oxygens (including phenoxy) is 1. The molecule has 3 aromatic rings. The van der Waals surface area contributed by atoms with Gasteiger partial charge in [0.2, 0.25) is 11.8 Å². The largest absolute Gasteiger partial charge is 0.422 e. The molecule has 1 aliphatic carbocycles. The van der Waals surface area contributed by atoms with Gasteiger partial charge in [-0.05, 0) is 51.3 Å². The van der Waals surface area contributed by atoms with Crippen molar-refractivity contribution in [3.8, 4) is 17.6 Å². The molecule has 0 spiro atoms. The second-order valence-corrected chi connectivity index (χ2v) is 8.82. The smallest absolute Gasteiger partial charge is 0.224 e. The maximum atomic E-state index is 9.92. The maximum absolute atomic E-state index is 9.92. The first-order chi connectivity index (χ1) is 14.4. The van der Waals surface area contributed by atoms with E-state index in [9.17, 15) is 5.26 Å². The third kappa shape index (κ3) is 2.86. The molecule has 2 aromatic heterocycles. The quantitative estimate of drug-likeness (QED) is 0.721. The van der Waals surface area contributed by atoms with Crippen molar-refractivity contribution in [2.75, 3.05) is 0 Å². The van der Waals surface area contributed by atoms with E-state index in [2.05, 4.69) is 37.2 Å². The molecule has 1 aromatic carbocycles. The van der Waals surface area contributed by atoms with E-state index in [-0.39, 0.29) is 17.3 Å². The summed E-state index contributed by atoms with van der Waals surface area (Å²) in [5.74, 6) is 0.881. The highest BCUT2D eigenvalue weighted by atomic mass is 16.5. The van der Waals surface area contributed by atoms with E-state index >= 15 is 0 Å². The fourth-order valence-electron chi connectivity index (χ4n) is 3.98. The molecule has 2 aliphatic rings. The summed E-state index contributed by atoms with van der Waals surface area (Å²) in [5.41, 5.74) is 10.2. The van der Waals surface area contributed by atoms with Crippen LogP contribution in [-0.4, -0.2) is 24.8 Å². The van der Waals surface area contributed by atoms with E-state index in [1.54, 1.807) is 17.1 Å². The second-order valence-electron chi connectivity index (χ2n) is 8.82. The molecular formula is C22H23N7O. The molecule has 3 heterocycles. The SMILES string of the molecule is CC(C)(C)n1nc(C2CC2)c2c1OC(N)=C(C#N)C2c1ccc(-n2ccnn2)cc1. The minimum Gasteiger partial charge on any atom is -0.422 e. The number of rotatable bonds is 3. The average Bonchev–Trinajstić information content (AvgIpc) is 3.26. The molecule has 2 N–H and O–H groups in total. The fourth-order valence-corrected chi connectivity index (χ4v) is 3.98. The highest BCUT2D eigenvalue weighted by Crippen LogP contribution is 2.51. The number of nitrogens with zero attached hydrogens (tertiary/aromatic N) is 6. The summed E-state index contributed by atoms with van der Waals surface area (Å²) in [4.78, 5) is 0. The van der Waals surface area contributed by atoms with E-state index in [0.717, 1.165) is 35.3 Å². The Hall–Kier alpha value is -3.60.